The Morgan fingerprint density at radius 1 is 1.12 bits per heavy atom. The largest absolute Gasteiger partial charge is 0.316 e. The van der Waals surface area contributed by atoms with Crippen LogP contribution in [-0.4, -0.2) is 33.3 Å². The van der Waals surface area contributed by atoms with Crippen LogP contribution in [0.2, 0.25) is 0 Å². The fourth-order valence-corrected chi connectivity index (χ4v) is 2.92. The molecule has 0 aliphatic carbocycles. The molecule has 5 heteroatoms. The Morgan fingerprint density at radius 3 is 2.19 bits per heavy atom. The van der Waals surface area contributed by atoms with Crippen LogP contribution in [0.1, 0.15) is 40.5 Å². The summed E-state index contributed by atoms with van der Waals surface area (Å²) in [4.78, 5) is 0. The normalized spacial score (nSPS) is 14.3. The maximum absolute atomic E-state index is 11.7. The molecule has 0 saturated carbocycles. The molecule has 0 saturated heterocycles. The second kappa shape index (κ2) is 8.03. The van der Waals surface area contributed by atoms with Crippen molar-refractivity contribution in [2.24, 2.45) is 5.92 Å². The summed E-state index contributed by atoms with van der Waals surface area (Å²) in [6, 6.07) is 0.0520. The third-order valence-electron chi connectivity index (χ3n) is 2.55. The van der Waals surface area contributed by atoms with Gasteiger partial charge < -0.3 is 5.32 Å². The molecule has 1 unspecified atom stereocenters. The molecule has 1 atom stereocenters. The van der Waals surface area contributed by atoms with Gasteiger partial charge in [0.25, 0.3) is 0 Å². The number of hydrogen-bond acceptors (Lipinski definition) is 3. The molecule has 0 fully saturated rings. The monoisotopic (exact) mass is 250 g/mol. The molecule has 0 spiro atoms. The fraction of sp³-hybridized carbons (Fsp3) is 1.00. The van der Waals surface area contributed by atoms with Gasteiger partial charge in [-0.1, -0.05) is 27.7 Å². The zero-order valence-corrected chi connectivity index (χ0v) is 11.7. The lowest BCUT2D eigenvalue weighted by Crippen LogP contribution is -2.41. The van der Waals surface area contributed by atoms with Crippen molar-refractivity contribution in [1.29, 1.82) is 0 Å². The number of sulfonamides is 1. The van der Waals surface area contributed by atoms with Gasteiger partial charge in [0, 0.05) is 12.6 Å². The summed E-state index contributed by atoms with van der Waals surface area (Å²) in [7, 11) is -3.13. The van der Waals surface area contributed by atoms with Gasteiger partial charge in [-0.3, -0.25) is 0 Å². The van der Waals surface area contributed by atoms with E-state index in [1.807, 2.05) is 20.8 Å². The maximum Gasteiger partial charge on any atom is 0.213 e. The predicted molar refractivity (Wildman–Crippen MR) is 69.0 cm³/mol. The highest BCUT2D eigenvalue weighted by Gasteiger charge is 2.18. The average Bonchev–Trinajstić information content (AvgIpc) is 2.21. The van der Waals surface area contributed by atoms with Gasteiger partial charge in [0.1, 0.15) is 0 Å². The molecule has 98 valence electrons. The average molecular weight is 250 g/mol. The molecule has 0 amide bonds. The number of rotatable bonds is 9. The third kappa shape index (κ3) is 7.19. The number of nitrogens with one attached hydrogen (secondary N) is 2. The van der Waals surface area contributed by atoms with Crippen LogP contribution in [0, 0.1) is 5.92 Å². The summed E-state index contributed by atoms with van der Waals surface area (Å²) < 4.78 is 26.2. The first-order valence-electron chi connectivity index (χ1n) is 6.13. The summed E-state index contributed by atoms with van der Waals surface area (Å²) in [6.07, 6.45) is 1.86. The summed E-state index contributed by atoms with van der Waals surface area (Å²) in [5.74, 6) is 0.499. The van der Waals surface area contributed by atoms with E-state index in [0.29, 0.717) is 12.5 Å². The molecule has 2 N–H and O–H groups in total. The Balaban J connectivity index is 4.03. The van der Waals surface area contributed by atoms with Gasteiger partial charge in [-0.05, 0) is 25.3 Å². The Labute approximate surface area is 100 Å². The van der Waals surface area contributed by atoms with Crippen molar-refractivity contribution < 1.29 is 8.42 Å². The summed E-state index contributed by atoms with van der Waals surface area (Å²) in [6.45, 7) is 9.53. The van der Waals surface area contributed by atoms with Crippen molar-refractivity contribution in [3.8, 4) is 0 Å². The van der Waals surface area contributed by atoms with Crippen LogP contribution < -0.4 is 10.0 Å². The Kier molecular flexibility index (Phi) is 7.97. The second-order valence-electron chi connectivity index (χ2n) is 4.45. The molecule has 16 heavy (non-hydrogen) atoms. The Morgan fingerprint density at radius 2 is 1.75 bits per heavy atom. The van der Waals surface area contributed by atoms with E-state index >= 15 is 0 Å². The van der Waals surface area contributed by atoms with E-state index < -0.39 is 10.0 Å². The van der Waals surface area contributed by atoms with Gasteiger partial charge in [0.15, 0.2) is 0 Å². The van der Waals surface area contributed by atoms with Crippen LogP contribution >= 0.6 is 0 Å². The van der Waals surface area contributed by atoms with Crippen molar-refractivity contribution in [1.82, 2.24) is 10.0 Å². The van der Waals surface area contributed by atoms with Crippen molar-refractivity contribution in [2.75, 3.05) is 18.8 Å². The van der Waals surface area contributed by atoms with E-state index in [2.05, 4.69) is 17.0 Å². The number of hydrogen-bond donors (Lipinski definition) is 2. The standard InChI is InChI=1S/C11H26N2O2S/c1-5-7-12-8-9-16(14,15)13-11(6-2)10(3)4/h10-13H,5-9H2,1-4H3. The van der Waals surface area contributed by atoms with E-state index in [0.717, 1.165) is 19.4 Å². The molecule has 0 heterocycles. The topological polar surface area (TPSA) is 58.2 Å². The van der Waals surface area contributed by atoms with Crippen LogP contribution in [0.15, 0.2) is 0 Å². The molecule has 0 aliphatic heterocycles. The van der Waals surface area contributed by atoms with E-state index in [1.54, 1.807) is 0 Å². The Hall–Kier alpha value is -0.130. The second-order valence-corrected chi connectivity index (χ2v) is 6.32. The van der Waals surface area contributed by atoms with Gasteiger partial charge >= 0.3 is 0 Å². The lowest BCUT2D eigenvalue weighted by atomic mass is 10.0. The SMILES string of the molecule is CCCNCCS(=O)(=O)NC(CC)C(C)C. The summed E-state index contributed by atoms with van der Waals surface area (Å²) >= 11 is 0. The molecular weight excluding hydrogens is 224 g/mol. The molecule has 0 aromatic rings. The van der Waals surface area contributed by atoms with E-state index in [9.17, 15) is 8.42 Å². The van der Waals surface area contributed by atoms with Crippen LogP contribution in [-0.2, 0) is 10.0 Å². The quantitative estimate of drug-likeness (QED) is 0.607. The summed E-state index contributed by atoms with van der Waals surface area (Å²) in [5.41, 5.74) is 0. The predicted octanol–water partition coefficient (Wildman–Crippen LogP) is 1.34. The molecule has 0 bridgehead atoms. The molecule has 0 rings (SSSR count). The van der Waals surface area contributed by atoms with Crippen molar-refractivity contribution in [2.45, 2.75) is 46.6 Å². The molecule has 0 aromatic carbocycles. The van der Waals surface area contributed by atoms with Gasteiger partial charge in [-0.15, -0.1) is 0 Å². The van der Waals surface area contributed by atoms with Crippen LogP contribution in [0.3, 0.4) is 0 Å². The minimum absolute atomic E-state index is 0.0520. The zero-order valence-electron chi connectivity index (χ0n) is 10.9. The van der Waals surface area contributed by atoms with Gasteiger partial charge in [0.05, 0.1) is 5.75 Å². The van der Waals surface area contributed by atoms with Crippen LogP contribution in [0.5, 0.6) is 0 Å². The molecular formula is C11H26N2O2S. The highest BCUT2D eigenvalue weighted by molar-refractivity contribution is 7.89. The van der Waals surface area contributed by atoms with E-state index in [4.69, 9.17) is 0 Å². The van der Waals surface area contributed by atoms with Gasteiger partial charge in [0.2, 0.25) is 10.0 Å². The molecule has 0 aliphatic rings. The van der Waals surface area contributed by atoms with Crippen molar-refractivity contribution >= 4 is 10.0 Å². The highest BCUT2D eigenvalue weighted by Crippen LogP contribution is 2.06. The van der Waals surface area contributed by atoms with E-state index in [1.165, 1.54) is 0 Å². The van der Waals surface area contributed by atoms with E-state index in [-0.39, 0.29) is 11.8 Å². The first-order chi connectivity index (χ1) is 7.43. The highest BCUT2D eigenvalue weighted by atomic mass is 32.2. The fourth-order valence-electron chi connectivity index (χ4n) is 1.49. The van der Waals surface area contributed by atoms with Gasteiger partial charge in [-0.2, -0.15) is 0 Å². The molecule has 0 radical (unpaired) electrons. The first-order valence-corrected chi connectivity index (χ1v) is 7.78. The van der Waals surface area contributed by atoms with Crippen LogP contribution in [0.25, 0.3) is 0 Å². The third-order valence-corrected chi connectivity index (χ3v) is 3.95. The molecule has 4 nitrogen and oxygen atoms in total. The van der Waals surface area contributed by atoms with Crippen molar-refractivity contribution in [3.63, 3.8) is 0 Å². The van der Waals surface area contributed by atoms with Crippen LogP contribution in [0.4, 0.5) is 0 Å². The maximum atomic E-state index is 11.7. The molecule has 0 aromatic heterocycles. The summed E-state index contributed by atoms with van der Waals surface area (Å²) in [5, 5.41) is 3.09. The lowest BCUT2D eigenvalue weighted by Gasteiger charge is -2.20. The minimum Gasteiger partial charge on any atom is -0.316 e. The minimum atomic E-state index is -3.13. The zero-order chi connectivity index (χ0) is 12.6. The lowest BCUT2D eigenvalue weighted by molar-refractivity contribution is 0.437. The smallest absolute Gasteiger partial charge is 0.213 e. The van der Waals surface area contributed by atoms with Crippen molar-refractivity contribution in [3.05, 3.63) is 0 Å². The Bertz CT molecular complexity index is 263. The van der Waals surface area contributed by atoms with Gasteiger partial charge in [-0.25, -0.2) is 13.1 Å². The first kappa shape index (κ1) is 15.9.